The summed E-state index contributed by atoms with van der Waals surface area (Å²) in [6.07, 6.45) is 0. The Hall–Kier alpha value is -3.94. The minimum absolute atomic E-state index is 0.00697. The number of rotatable bonds is 7. The van der Waals surface area contributed by atoms with Gasteiger partial charge in [-0.15, -0.1) is 11.3 Å². The molecule has 37 heavy (non-hydrogen) atoms. The second-order valence-electron chi connectivity index (χ2n) is 7.89. The van der Waals surface area contributed by atoms with Crippen LogP contribution in [0.5, 0.6) is 0 Å². The number of ether oxygens (including phenoxy) is 1. The summed E-state index contributed by atoms with van der Waals surface area (Å²) in [6.45, 7) is 1.68. The predicted octanol–water partition coefficient (Wildman–Crippen LogP) is 3.27. The number of carbonyl (C=O) groups is 2. The molecule has 0 aliphatic carbocycles. The van der Waals surface area contributed by atoms with Crippen molar-refractivity contribution in [3.8, 4) is 5.69 Å². The van der Waals surface area contributed by atoms with Gasteiger partial charge in [0.25, 0.3) is 11.5 Å². The van der Waals surface area contributed by atoms with Crippen molar-refractivity contribution in [2.75, 3.05) is 26.0 Å². The van der Waals surface area contributed by atoms with Crippen LogP contribution in [0.25, 0.3) is 16.5 Å². The molecule has 2 aromatic heterocycles. The molecule has 0 spiro atoms. The minimum atomic E-state index is -3.67. The summed E-state index contributed by atoms with van der Waals surface area (Å²) >= 11 is 0.998. The molecule has 0 saturated heterocycles. The smallest absolute Gasteiger partial charge is 0.359 e. The van der Waals surface area contributed by atoms with Gasteiger partial charge in [-0.25, -0.2) is 21.9 Å². The average molecular weight is 545 g/mol. The lowest BCUT2D eigenvalue weighted by molar-refractivity contribution is 0.0520. The van der Waals surface area contributed by atoms with Crippen LogP contribution in [0.3, 0.4) is 0 Å². The molecule has 0 fully saturated rings. The molecule has 2 heterocycles. The van der Waals surface area contributed by atoms with Crippen LogP contribution in [0, 0.1) is 5.82 Å². The number of esters is 1. The van der Waals surface area contributed by atoms with E-state index in [0.29, 0.717) is 0 Å². The van der Waals surface area contributed by atoms with Gasteiger partial charge in [0.1, 0.15) is 10.8 Å². The quantitative estimate of drug-likeness (QED) is 0.354. The van der Waals surface area contributed by atoms with Crippen LogP contribution in [0.2, 0.25) is 0 Å². The first kappa shape index (κ1) is 26.1. The lowest BCUT2D eigenvalue weighted by Gasteiger charge is -2.12. The maximum atomic E-state index is 13.9. The monoisotopic (exact) mass is 544 g/mol. The van der Waals surface area contributed by atoms with Crippen molar-refractivity contribution in [3.05, 3.63) is 81.3 Å². The molecule has 0 aliphatic heterocycles. The fourth-order valence-electron chi connectivity index (χ4n) is 3.44. The van der Waals surface area contributed by atoms with E-state index < -0.39 is 33.3 Å². The third-order valence-electron chi connectivity index (χ3n) is 5.30. The molecule has 4 aromatic rings. The predicted molar refractivity (Wildman–Crippen MR) is 136 cm³/mol. The molecule has 0 saturated carbocycles. The first-order valence-electron chi connectivity index (χ1n) is 10.9. The molecule has 1 N–H and O–H groups in total. The summed E-state index contributed by atoms with van der Waals surface area (Å²) in [6, 6.07) is 10.4. The number of nitrogens with zero attached hydrogens (tertiary/aromatic N) is 3. The number of aromatic nitrogens is 2. The molecule has 1 amide bonds. The molecular weight excluding hydrogens is 523 g/mol. The van der Waals surface area contributed by atoms with Crippen LogP contribution in [-0.2, 0) is 14.8 Å². The molecule has 0 atom stereocenters. The molecule has 0 radical (unpaired) electrons. The van der Waals surface area contributed by atoms with Crippen molar-refractivity contribution in [1.29, 1.82) is 0 Å². The fourth-order valence-corrected chi connectivity index (χ4v) is 5.27. The minimum Gasteiger partial charge on any atom is -0.461 e. The standard InChI is InChI=1S/C24H21FN4O6S2/c1-4-35-24(32)20-18-13-36-22(19(18)23(31)29(27-20)16-7-5-6-15(25)12-16)26-21(30)14-8-10-17(11-9-14)37(33,34)28(2)3/h5-13H,4H2,1-3H3,(H,26,30). The van der Waals surface area contributed by atoms with Crippen molar-refractivity contribution in [2.24, 2.45) is 0 Å². The Morgan fingerprint density at radius 1 is 1.16 bits per heavy atom. The van der Waals surface area contributed by atoms with Gasteiger partial charge in [-0.3, -0.25) is 9.59 Å². The van der Waals surface area contributed by atoms with E-state index in [-0.39, 0.29) is 44.2 Å². The molecular formula is C24H21FN4O6S2. The first-order chi connectivity index (χ1) is 17.5. The number of halogens is 1. The third kappa shape index (κ3) is 5.01. The van der Waals surface area contributed by atoms with Gasteiger partial charge in [-0.05, 0) is 49.4 Å². The maximum Gasteiger partial charge on any atom is 0.359 e. The molecule has 2 aromatic carbocycles. The number of sulfonamides is 1. The number of benzene rings is 2. The zero-order chi connectivity index (χ0) is 26.9. The number of thiophene rings is 1. The number of anilines is 1. The molecule has 192 valence electrons. The number of nitrogens with one attached hydrogen (secondary N) is 1. The maximum absolute atomic E-state index is 13.9. The second-order valence-corrected chi connectivity index (χ2v) is 10.9. The molecule has 4 rings (SSSR count). The van der Waals surface area contributed by atoms with Crippen LogP contribution < -0.4 is 10.9 Å². The summed E-state index contributed by atoms with van der Waals surface area (Å²) in [5.74, 6) is -2.00. The van der Waals surface area contributed by atoms with Crippen molar-refractivity contribution in [3.63, 3.8) is 0 Å². The Bertz CT molecular complexity index is 1680. The van der Waals surface area contributed by atoms with Crippen LogP contribution >= 0.6 is 11.3 Å². The second kappa shape index (κ2) is 10.2. The molecule has 0 aliphatic rings. The van der Waals surface area contributed by atoms with Gasteiger partial charge >= 0.3 is 5.97 Å². The summed E-state index contributed by atoms with van der Waals surface area (Å²) in [4.78, 5) is 39.0. The van der Waals surface area contributed by atoms with Gasteiger partial charge in [-0.2, -0.15) is 9.78 Å². The lowest BCUT2D eigenvalue weighted by Crippen LogP contribution is -2.25. The molecule has 10 nitrogen and oxygen atoms in total. The highest BCUT2D eigenvalue weighted by Gasteiger charge is 2.24. The van der Waals surface area contributed by atoms with E-state index in [1.54, 1.807) is 6.92 Å². The number of amides is 1. The van der Waals surface area contributed by atoms with E-state index in [9.17, 15) is 27.2 Å². The Labute approximate surface area is 215 Å². The van der Waals surface area contributed by atoms with Crippen molar-refractivity contribution < 1.29 is 27.1 Å². The molecule has 13 heteroatoms. The van der Waals surface area contributed by atoms with Crippen LogP contribution in [0.4, 0.5) is 9.39 Å². The SMILES string of the molecule is CCOC(=O)c1nn(-c2cccc(F)c2)c(=O)c2c(NC(=O)c3ccc(S(=O)(=O)N(C)C)cc3)scc12. The Balaban J connectivity index is 1.79. The van der Waals surface area contributed by atoms with E-state index in [1.807, 2.05) is 0 Å². The van der Waals surface area contributed by atoms with Crippen LogP contribution in [0.1, 0.15) is 27.8 Å². The average Bonchev–Trinajstić information content (AvgIpc) is 3.28. The summed E-state index contributed by atoms with van der Waals surface area (Å²) < 4.78 is 45.4. The number of hydrogen-bond donors (Lipinski definition) is 1. The summed E-state index contributed by atoms with van der Waals surface area (Å²) in [5.41, 5.74) is -0.628. The largest absolute Gasteiger partial charge is 0.461 e. The zero-order valence-corrected chi connectivity index (χ0v) is 21.5. The van der Waals surface area contributed by atoms with E-state index in [4.69, 9.17) is 4.74 Å². The number of hydrogen-bond acceptors (Lipinski definition) is 8. The Kier molecular flexibility index (Phi) is 7.21. The fraction of sp³-hybridized carbons (Fsp3) is 0.167. The van der Waals surface area contributed by atoms with Crippen molar-refractivity contribution in [2.45, 2.75) is 11.8 Å². The zero-order valence-electron chi connectivity index (χ0n) is 19.9. The van der Waals surface area contributed by atoms with Gasteiger partial charge in [0.15, 0.2) is 5.69 Å². The lowest BCUT2D eigenvalue weighted by atomic mass is 10.2. The highest BCUT2D eigenvalue weighted by atomic mass is 32.2. The molecule has 0 unspecified atom stereocenters. The van der Waals surface area contributed by atoms with Gasteiger partial charge in [0.05, 0.1) is 22.6 Å². The highest BCUT2D eigenvalue weighted by Crippen LogP contribution is 2.31. The Morgan fingerprint density at radius 3 is 2.49 bits per heavy atom. The third-order valence-corrected chi connectivity index (χ3v) is 8.02. The van der Waals surface area contributed by atoms with E-state index in [0.717, 1.165) is 26.4 Å². The van der Waals surface area contributed by atoms with Crippen LogP contribution in [0.15, 0.2) is 63.6 Å². The van der Waals surface area contributed by atoms with Crippen molar-refractivity contribution >= 4 is 49.0 Å². The summed E-state index contributed by atoms with van der Waals surface area (Å²) in [5, 5.41) is 8.56. The van der Waals surface area contributed by atoms with E-state index in [2.05, 4.69) is 10.4 Å². The highest BCUT2D eigenvalue weighted by molar-refractivity contribution is 7.89. The summed E-state index contributed by atoms with van der Waals surface area (Å²) in [7, 11) is -0.880. The van der Waals surface area contributed by atoms with Gasteiger partial charge in [0.2, 0.25) is 10.0 Å². The first-order valence-corrected chi connectivity index (χ1v) is 13.2. The van der Waals surface area contributed by atoms with Gasteiger partial charge < -0.3 is 10.1 Å². The van der Waals surface area contributed by atoms with E-state index >= 15 is 0 Å². The Morgan fingerprint density at radius 2 is 1.86 bits per heavy atom. The molecule has 0 bridgehead atoms. The van der Waals surface area contributed by atoms with Gasteiger partial charge in [-0.1, -0.05) is 6.07 Å². The van der Waals surface area contributed by atoms with Gasteiger partial charge in [0, 0.05) is 30.4 Å². The van der Waals surface area contributed by atoms with Crippen LogP contribution in [-0.4, -0.2) is 55.1 Å². The van der Waals surface area contributed by atoms with E-state index in [1.165, 1.54) is 61.9 Å². The number of carbonyl (C=O) groups excluding carboxylic acids is 2. The number of fused-ring (bicyclic) bond motifs is 1. The normalized spacial score (nSPS) is 11.6. The van der Waals surface area contributed by atoms with Crippen molar-refractivity contribution in [1.82, 2.24) is 14.1 Å². The topological polar surface area (TPSA) is 128 Å².